The van der Waals surface area contributed by atoms with E-state index in [1.807, 2.05) is 32.9 Å². The van der Waals surface area contributed by atoms with Crippen LogP contribution in [0.2, 0.25) is 0 Å². The van der Waals surface area contributed by atoms with Gasteiger partial charge in [-0.1, -0.05) is 0 Å². The highest BCUT2D eigenvalue weighted by atomic mass is 16.3. The quantitative estimate of drug-likeness (QED) is 0.875. The van der Waals surface area contributed by atoms with Gasteiger partial charge in [-0.3, -0.25) is 4.90 Å². The van der Waals surface area contributed by atoms with E-state index in [1.54, 1.807) is 0 Å². The number of furan rings is 1. The van der Waals surface area contributed by atoms with Gasteiger partial charge in [0.2, 0.25) is 0 Å². The Labute approximate surface area is 115 Å². The Bertz CT molecular complexity index is 393. The van der Waals surface area contributed by atoms with Crippen molar-refractivity contribution in [3.05, 3.63) is 23.7 Å². The first-order chi connectivity index (χ1) is 8.99. The first-order valence-corrected chi connectivity index (χ1v) is 7.23. The highest BCUT2D eigenvalue weighted by Gasteiger charge is 2.31. The van der Waals surface area contributed by atoms with E-state index in [1.165, 1.54) is 0 Å². The van der Waals surface area contributed by atoms with E-state index in [-0.39, 0.29) is 18.2 Å². The zero-order chi connectivity index (χ0) is 14.0. The van der Waals surface area contributed by atoms with Crippen LogP contribution in [-0.4, -0.2) is 35.2 Å². The summed E-state index contributed by atoms with van der Waals surface area (Å²) in [4.78, 5) is 2.39. The zero-order valence-electron chi connectivity index (χ0n) is 12.2. The van der Waals surface area contributed by atoms with Crippen LogP contribution in [0.15, 0.2) is 16.5 Å². The van der Waals surface area contributed by atoms with Crippen LogP contribution in [0, 0.1) is 12.8 Å². The number of piperidine rings is 1. The van der Waals surface area contributed by atoms with E-state index < -0.39 is 0 Å². The summed E-state index contributed by atoms with van der Waals surface area (Å²) in [5, 5.41) is 9.67. The predicted molar refractivity (Wildman–Crippen MR) is 75.8 cm³/mol. The third-order valence-corrected chi connectivity index (χ3v) is 4.20. The fraction of sp³-hybridized carbons (Fsp3) is 0.733. The zero-order valence-corrected chi connectivity index (χ0v) is 12.2. The molecule has 0 aromatic carbocycles. The van der Waals surface area contributed by atoms with Gasteiger partial charge in [0.05, 0.1) is 12.1 Å². The number of nitrogens with zero attached hydrogens (tertiary/aromatic N) is 1. The van der Waals surface area contributed by atoms with E-state index >= 15 is 0 Å². The number of likely N-dealkylation sites (tertiary alicyclic amines) is 1. The van der Waals surface area contributed by atoms with E-state index in [4.69, 9.17) is 10.2 Å². The first-order valence-electron chi connectivity index (χ1n) is 7.23. The Morgan fingerprint density at radius 1 is 1.32 bits per heavy atom. The van der Waals surface area contributed by atoms with Crippen molar-refractivity contribution in [2.24, 2.45) is 11.7 Å². The lowest BCUT2D eigenvalue weighted by molar-refractivity contribution is 0.0460. The molecule has 0 amide bonds. The van der Waals surface area contributed by atoms with Gasteiger partial charge in [-0.2, -0.15) is 0 Å². The van der Waals surface area contributed by atoms with Crippen LogP contribution in [-0.2, 0) is 0 Å². The van der Waals surface area contributed by atoms with Crippen LogP contribution in [0.3, 0.4) is 0 Å². The molecule has 0 radical (unpaired) electrons. The Morgan fingerprint density at radius 3 is 2.37 bits per heavy atom. The van der Waals surface area contributed by atoms with Crippen molar-refractivity contribution in [3.8, 4) is 0 Å². The molecule has 0 aliphatic carbocycles. The number of aryl methyl sites for hydroxylation is 1. The summed E-state index contributed by atoms with van der Waals surface area (Å²) in [5.41, 5.74) is 6.15. The van der Waals surface area contributed by atoms with Crippen LogP contribution in [0.5, 0.6) is 0 Å². The second kappa shape index (κ2) is 6.07. The van der Waals surface area contributed by atoms with Crippen molar-refractivity contribution in [2.45, 2.75) is 51.8 Å². The molecule has 1 aromatic rings. The molecule has 2 heterocycles. The third-order valence-electron chi connectivity index (χ3n) is 4.20. The smallest absolute Gasteiger partial charge is 0.122 e. The lowest BCUT2D eigenvalue weighted by Crippen LogP contribution is -2.44. The topological polar surface area (TPSA) is 62.6 Å². The summed E-state index contributed by atoms with van der Waals surface area (Å²) in [5.74, 6) is 2.31. The number of aliphatic hydroxyl groups excluding tert-OH is 1. The molecule has 3 N–H and O–H groups in total. The number of nitrogens with two attached hydrogens (primary N) is 1. The Hall–Kier alpha value is -0.840. The van der Waals surface area contributed by atoms with Crippen LogP contribution in [0.1, 0.15) is 44.3 Å². The van der Waals surface area contributed by atoms with Crippen LogP contribution in [0.25, 0.3) is 0 Å². The molecule has 1 fully saturated rings. The average molecular weight is 266 g/mol. The highest BCUT2D eigenvalue weighted by Crippen LogP contribution is 2.30. The minimum absolute atomic E-state index is 0.0358. The molecule has 19 heavy (non-hydrogen) atoms. The summed E-state index contributed by atoms with van der Waals surface area (Å²) in [6.07, 6.45) is 1.85. The van der Waals surface area contributed by atoms with E-state index in [2.05, 4.69) is 4.90 Å². The van der Waals surface area contributed by atoms with Gasteiger partial charge in [-0.25, -0.2) is 0 Å². The molecule has 3 atom stereocenters. The minimum atomic E-state index is -0.207. The predicted octanol–water partition coefficient (Wildman–Crippen LogP) is 2.07. The first kappa shape index (κ1) is 14.6. The van der Waals surface area contributed by atoms with Gasteiger partial charge < -0.3 is 15.3 Å². The van der Waals surface area contributed by atoms with Crippen LogP contribution >= 0.6 is 0 Å². The molecule has 4 heteroatoms. The maximum atomic E-state index is 9.67. The molecule has 3 unspecified atom stereocenters. The molecule has 4 nitrogen and oxygen atoms in total. The van der Waals surface area contributed by atoms with Crippen molar-refractivity contribution in [3.63, 3.8) is 0 Å². The number of hydrogen-bond donors (Lipinski definition) is 2. The molecule has 1 aliphatic heterocycles. The van der Waals surface area contributed by atoms with Gasteiger partial charge in [-0.15, -0.1) is 0 Å². The monoisotopic (exact) mass is 266 g/mol. The number of rotatable bonds is 4. The van der Waals surface area contributed by atoms with E-state index in [0.717, 1.165) is 37.5 Å². The van der Waals surface area contributed by atoms with Gasteiger partial charge in [-0.05, 0) is 64.8 Å². The Kier molecular flexibility index (Phi) is 4.66. The maximum Gasteiger partial charge on any atom is 0.122 e. The second-order valence-corrected chi connectivity index (χ2v) is 5.87. The van der Waals surface area contributed by atoms with Gasteiger partial charge in [0, 0.05) is 6.04 Å². The number of aliphatic hydroxyl groups is 1. The van der Waals surface area contributed by atoms with Crippen LogP contribution < -0.4 is 5.73 Å². The van der Waals surface area contributed by atoms with Gasteiger partial charge in [0.1, 0.15) is 11.5 Å². The summed E-state index contributed by atoms with van der Waals surface area (Å²) >= 11 is 0. The summed E-state index contributed by atoms with van der Waals surface area (Å²) in [6, 6.07) is 4.20. The van der Waals surface area contributed by atoms with E-state index in [0.29, 0.717) is 5.92 Å². The van der Waals surface area contributed by atoms with Gasteiger partial charge >= 0.3 is 0 Å². The van der Waals surface area contributed by atoms with Gasteiger partial charge in [0.15, 0.2) is 0 Å². The number of hydrogen-bond acceptors (Lipinski definition) is 4. The van der Waals surface area contributed by atoms with E-state index in [9.17, 15) is 5.11 Å². The SMILES string of the molecule is Cc1ccc(C(C(C)N)N2CCC(C(C)O)CC2)o1. The lowest BCUT2D eigenvalue weighted by atomic mass is 9.90. The molecule has 1 aromatic heterocycles. The van der Waals surface area contributed by atoms with Crippen molar-refractivity contribution in [2.75, 3.05) is 13.1 Å². The molecule has 1 saturated heterocycles. The average Bonchev–Trinajstić information content (AvgIpc) is 2.76. The Morgan fingerprint density at radius 2 is 1.95 bits per heavy atom. The molecule has 0 saturated carbocycles. The molecule has 1 aliphatic rings. The summed E-state index contributed by atoms with van der Waals surface area (Å²) < 4.78 is 5.76. The molecule has 0 spiro atoms. The van der Waals surface area contributed by atoms with Crippen molar-refractivity contribution in [1.82, 2.24) is 4.90 Å². The lowest BCUT2D eigenvalue weighted by Gasteiger charge is -2.39. The van der Waals surface area contributed by atoms with Crippen molar-refractivity contribution in [1.29, 1.82) is 0 Å². The largest absolute Gasteiger partial charge is 0.465 e. The molecule has 0 bridgehead atoms. The molecule has 108 valence electrons. The third kappa shape index (κ3) is 3.38. The fourth-order valence-corrected chi connectivity index (χ4v) is 3.06. The molecular weight excluding hydrogens is 240 g/mol. The Balaban J connectivity index is 2.05. The molecular formula is C15H26N2O2. The summed E-state index contributed by atoms with van der Waals surface area (Å²) in [6.45, 7) is 7.83. The fourth-order valence-electron chi connectivity index (χ4n) is 3.06. The molecule has 2 rings (SSSR count). The second-order valence-electron chi connectivity index (χ2n) is 5.87. The van der Waals surface area contributed by atoms with Crippen molar-refractivity contribution >= 4 is 0 Å². The minimum Gasteiger partial charge on any atom is -0.465 e. The maximum absolute atomic E-state index is 9.67. The van der Waals surface area contributed by atoms with Crippen LogP contribution in [0.4, 0.5) is 0 Å². The van der Waals surface area contributed by atoms with Gasteiger partial charge in [0.25, 0.3) is 0 Å². The normalized spacial score (nSPS) is 23.2. The standard InChI is InChI=1S/C15H26N2O2/c1-10-4-5-14(19-10)15(11(2)16)17-8-6-13(7-9-17)12(3)18/h4-5,11-13,15,18H,6-9,16H2,1-3H3. The van der Waals surface area contributed by atoms with Crippen molar-refractivity contribution < 1.29 is 9.52 Å². The highest BCUT2D eigenvalue weighted by molar-refractivity contribution is 5.12. The summed E-state index contributed by atoms with van der Waals surface area (Å²) in [7, 11) is 0.